The summed E-state index contributed by atoms with van der Waals surface area (Å²) in [5, 5.41) is 12.4. The third-order valence-corrected chi connectivity index (χ3v) is 3.77. The van der Waals surface area contributed by atoms with Crippen LogP contribution in [0.25, 0.3) is 11.2 Å². The second kappa shape index (κ2) is 5.62. The minimum absolute atomic E-state index is 0.278. The van der Waals surface area contributed by atoms with Crippen molar-refractivity contribution in [1.29, 1.82) is 0 Å². The predicted octanol–water partition coefficient (Wildman–Crippen LogP) is 0.993. The van der Waals surface area contributed by atoms with Crippen molar-refractivity contribution in [2.24, 2.45) is 5.92 Å². The molecule has 1 fully saturated rings. The minimum Gasteiger partial charge on any atom is -0.396 e. The molecule has 0 spiro atoms. The quantitative estimate of drug-likeness (QED) is 0.771. The Kier molecular flexibility index (Phi) is 3.68. The Morgan fingerprint density at radius 3 is 2.90 bits per heavy atom. The fourth-order valence-corrected chi connectivity index (χ4v) is 2.61. The Morgan fingerprint density at radius 2 is 2.20 bits per heavy atom. The van der Waals surface area contributed by atoms with Gasteiger partial charge in [-0.05, 0) is 25.7 Å². The number of nitrogens with one attached hydrogen (secondary N) is 2. The first-order valence-corrected chi connectivity index (χ1v) is 7.12. The highest BCUT2D eigenvalue weighted by atomic mass is 16.3. The van der Waals surface area contributed by atoms with E-state index in [1.54, 1.807) is 6.33 Å². The van der Waals surface area contributed by atoms with Crippen LogP contribution in [0.1, 0.15) is 19.8 Å². The lowest BCUT2D eigenvalue weighted by molar-refractivity contribution is 0.203. The first kappa shape index (κ1) is 13.1. The van der Waals surface area contributed by atoms with Crippen LogP contribution in [0.2, 0.25) is 0 Å². The van der Waals surface area contributed by atoms with Crippen molar-refractivity contribution in [3.8, 4) is 0 Å². The van der Waals surface area contributed by atoms with E-state index in [0.29, 0.717) is 17.5 Å². The van der Waals surface area contributed by atoms with E-state index in [-0.39, 0.29) is 6.61 Å². The summed E-state index contributed by atoms with van der Waals surface area (Å²) in [6.07, 6.45) is 3.64. The average molecular weight is 276 g/mol. The molecule has 3 heterocycles. The molecular formula is C13H20N6O. The van der Waals surface area contributed by atoms with Gasteiger partial charge in [0.15, 0.2) is 11.5 Å². The zero-order chi connectivity index (χ0) is 13.9. The van der Waals surface area contributed by atoms with Crippen molar-refractivity contribution in [1.82, 2.24) is 19.9 Å². The van der Waals surface area contributed by atoms with Crippen LogP contribution in [0.15, 0.2) is 6.33 Å². The van der Waals surface area contributed by atoms with Crippen LogP contribution < -0.4 is 10.2 Å². The van der Waals surface area contributed by atoms with Crippen molar-refractivity contribution >= 4 is 22.9 Å². The van der Waals surface area contributed by atoms with Crippen molar-refractivity contribution in [2.75, 3.05) is 36.5 Å². The number of aromatic amines is 1. The molecule has 1 aliphatic heterocycles. The fraction of sp³-hybridized carbons (Fsp3) is 0.615. The van der Waals surface area contributed by atoms with Gasteiger partial charge in [-0.25, -0.2) is 4.98 Å². The van der Waals surface area contributed by atoms with Crippen LogP contribution in [0.4, 0.5) is 11.8 Å². The molecule has 3 N–H and O–H groups in total. The van der Waals surface area contributed by atoms with Crippen LogP contribution in [0.5, 0.6) is 0 Å². The van der Waals surface area contributed by atoms with Crippen LogP contribution >= 0.6 is 0 Å². The largest absolute Gasteiger partial charge is 0.396 e. The topological polar surface area (TPSA) is 90.0 Å². The Labute approximate surface area is 117 Å². The van der Waals surface area contributed by atoms with Gasteiger partial charge in [0.1, 0.15) is 5.52 Å². The molecule has 0 unspecified atom stereocenters. The number of hydrogen-bond donors (Lipinski definition) is 3. The van der Waals surface area contributed by atoms with Gasteiger partial charge in [0.25, 0.3) is 0 Å². The number of hydrogen-bond acceptors (Lipinski definition) is 6. The second-order valence-corrected chi connectivity index (χ2v) is 5.12. The molecule has 2 aromatic heterocycles. The molecule has 20 heavy (non-hydrogen) atoms. The van der Waals surface area contributed by atoms with Crippen LogP contribution in [0.3, 0.4) is 0 Å². The van der Waals surface area contributed by atoms with Gasteiger partial charge in [-0.1, -0.05) is 0 Å². The van der Waals surface area contributed by atoms with Crippen LogP contribution in [0, 0.1) is 5.92 Å². The van der Waals surface area contributed by atoms with Crippen molar-refractivity contribution in [3.05, 3.63) is 6.33 Å². The molecule has 2 aromatic rings. The molecule has 0 aromatic carbocycles. The maximum atomic E-state index is 9.23. The van der Waals surface area contributed by atoms with Gasteiger partial charge in [-0.3, -0.25) is 0 Å². The van der Waals surface area contributed by atoms with Crippen molar-refractivity contribution in [2.45, 2.75) is 19.8 Å². The standard InChI is InChI=1S/C13H20N6O/c1-2-14-13-17-11-10(15-8-16-11)12(18-13)19-5-3-9(7-20)4-6-19/h8-9,20H,2-7H2,1H3,(H2,14,15,16,17,18). The SMILES string of the molecule is CCNc1nc(N2CCC(CO)CC2)c2[nH]cnc2n1. The number of imidazole rings is 1. The van der Waals surface area contributed by atoms with E-state index in [0.717, 1.165) is 43.8 Å². The summed E-state index contributed by atoms with van der Waals surface area (Å²) in [5.41, 5.74) is 1.57. The third kappa shape index (κ3) is 2.40. The highest BCUT2D eigenvalue weighted by Crippen LogP contribution is 2.27. The van der Waals surface area contributed by atoms with Gasteiger partial charge < -0.3 is 20.3 Å². The molecule has 0 radical (unpaired) electrons. The highest BCUT2D eigenvalue weighted by Gasteiger charge is 2.22. The van der Waals surface area contributed by atoms with E-state index in [2.05, 4.69) is 30.2 Å². The molecule has 1 saturated heterocycles. The Morgan fingerprint density at radius 1 is 1.40 bits per heavy atom. The molecule has 1 aliphatic rings. The molecule has 0 amide bonds. The molecule has 0 atom stereocenters. The maximum absolute atomic E-state index is 9.23. The smallest absolute Gasteiger partial charge is 0.226 e. The first-order chi connectivity index (χ1) is 9.81. The molecule has 7 heteroatoms. The number of piperidine rings is 1. The zero-order valence-electron chi connectivity index (χ0n) is 11.6. The summed E-state index contributed by atoms with van der Waals surface area (Å²) in [4.78, 5) is 18.6. The number of aliphatic hydroxyl groups excluding tert-OH is 1. The fourth-order valence-electron chi connectivity index (χ4n) is 2.61. The van der Waals surface area contributed by atoms with Gasteiger partial charge >= 0.3 is 0 Å². The minimum atomic E-state index is 0.278. The molecule has 3 rings (SSSR count). The first-order valence-electron chi connectivity index (χ1n) is 7.12. The third-order valence-electron chi connectivity index (χ3n) is 3.77. The summed E-state index contributed by atoms with van der Waals surface area (Å²) in [7, 11) is 0. The molecule has 7 nitrogen and oxygen atoms in total. The molecule has 108 valence electrons. The summed E-state index contributed by atoms with van der Waals surface area (Å²) in [6.45, 7) is 4.88. The number of fused-ring (bicyclic) bond motifs is 1. The maximum Gasteiger partial charge on any atom is 0.226 e. The Bertz CT molecular complexity index is 575. The number of H-pyrrole nitrogens is 1. The Hall–Kier alpha value is -1.89. The average Bonchev–Trinajstić information content (AvgIpc) is 2.95. The monoisotopic (exact) mass is 276 g/mol. The number of anilines is 2. The van der Waals surface area contributed by atoms with Gasteiger partial charge in [0.05, 0.1) is 6.33 Å². The summed E-state index contributed by atoms with van der Waals surface area (Å²) < 4.78 is 0. The molecular weight excluding hydrogens is 256 g/mol. The number of nitrogens with zero attached hydrogens (tertiary/aromatic N) is 4. The van der Waals surface area contributed by atoms with Gasteiger partial charge in [-0.15, -0.1) is 0 Å². The van der Waals surface area contributed by atoms with E-state index in [1.165, 1.54) is 0 Å². The van der Waals surface area contributed by atoms with Crippen LogP contribution in [-0.4, -0.2) is 51.3 Å². The summed E-state index contributed by atoms with van der Waals surface area (Å²) in [5.74, 6) is 1.94. The number of aromatic nitrogens is 4. The van der Waals surface area contributed by atoms with E-state index < -0.39 is 0 Å². The lowest BCUT2D eigenvalue weighted by Crippen LogP contribution is -2.35. The zero-order valence-corrected chi connectivity index (χ0v) is 11.6. The number of aliphatic hydroxyl groups is 1. The molecule has 0 bridgehead atoms. The van der Waals surface area contributed by atoms with Gasteiger partial charge in [-0.2, -0.15) is 9.97 Å². The van der Waals surface area contributed by atoms with Crippen LogP contribution in [-0.2, 0) is 0 Å². The van der Waals surface area contributed by atoms with E-state index >= 15 is 0 Å². The lowest BCUT2D eigenvalue weighted by Gasteiger charge is -2.32. The predicted molar refractivity (Wildman–Crippen MR) is 77.9 cm³/mol. The highest BCUT2D eigenvalue weighted by molar-refractivity contribution is 5.84. The lowest BCUT2D eigenvalue weighted by atomic mass is 9.98. The summed E-state index contributed by atoms with van der Waals surface area (Å²) in [6, 6.07) is 0. The van der Waals surface area contributed by atoms with Crippen molar-refractivity contribution in [3.63, 3.8) is 0 Å². The van der Waals surface area contributed by atoms with Crippen molar-refractivity contribution < 1.29 is 5.11 Å². The number of rotatable bonds is 4. The van der Waals surface area contributed by atoms with E-state index in [1.807, 2.05) is 6.92 Å². The van der Waals surface area contributed by atoms with Gasteiger partial charge in [0.2, 0.25) is 5.95 Å². The molecule has 0 aliphatic carbocycles. The Balaban J connectivity index is 1.91. The summed E-state index contributed by atoms with van der Waals surface area (Å²) >= 11 is 0. The second-order valence-electron chi connectivity index (χ2n) is 5.12. The van der Waals surface area contributed by atoms with E-state index in [9.17, 15) is 5.11 Å². The van der Waals surface area contributed by atoms with E-state index in [4.69, 9.17) is 0 Å². The van der Waals surface area contributed by atoms with Gasteiger partial charge in [0, 0.05) is 26.2 Å². The normalized spacial score (nSPS) is 16.8. The molecule has 0 saturated carbocycles.